The Bertz CT molecular complexity index is 1180. The van der Waals surface area contributed by atoms with E-state index in [2.05, 4.69) is 25.6 Å². The Morgan fingerprint density at radius 3 is 2.74 bits per heavy atom. The summed E-state index contributed by atoms with van der Waals surface area (Å²) in [6, 6.07) is 6.08. The van der Waals surface area contributed by atoms with Crippen LogP contribution in [0.2, 0.25) is 0 Å². The zero-order chi connectivity index (χ0) is 25.6. The van der Waals surface area contributed by atoms with Crippen LogP contribution in [0.3, 0.4) is 0 Å². The fraction of sp³-hybridized carbons (Fsp3) is 0.455. The van der Waals surface area contributed by atoms with Crippen molar-refractivity contribution in [3.05, 3.63) is 35.5 Å². The van der Waals surface area contributed by atoms with Gasteiger partial charge in [0.15, 0.2) is 18.7 Å². The molecule has 2 aromatic rings. The molecule has 2 amide bonds. The molecule has 0 spiro atoms. The van der Waals surface area contributed by atoms with Crippen LogP contribution in [0.15, 0.2) is 24.3 Å². The summed E-state index contributed by atoms with van der Waals surface area (Å²) in [4.78, 5) is 35.6. The molecule has 1 aromatic carbocycles. The Morgan fingerprint density at radius 1 is 1.29 bits per heavy atom. The van der Waals surface area contributed by atoms with Gasteiger partial charge in [-0.05, 0) is 45.2 Å². The summed E-state index contributed by atoms with van der Waals surface area (Å²) >= 11 is 0. The first-order valence-electron chi connectivity index (χ1n) is 11.0. The summed E-state index contributed by atoms with van der Waals surface area (Å²) in [6.07, 6.45) is 2.99. The zero-order valence-electron chi connectivity index (χ0n) is 19.7. The number of ether oxygens (including phenoxy) is 2. The molecule has 190 valence electrons. The number of rotatable bonds is 10. The lowest BCUT2D eigenvalue weighted by molar-refractivity contribution is -0.118. The maximum Gasteiger partial charge on any atom is 0.407 e. The number of nitrogens with one attached hydrogen (secondary N) is 4. The maximum absolute atomic E-state index is 12.3. The zero-order valence-corrected chi connectivity index (χ0v) is 20.5. The van der Waals surface area contributed by atoms with Gasteiger partial charge in [0.05, 0.1) is 17.5 Å². The van der Waals surface area contributed by atoms with E-state index < -0.39 is 28.6 Å². The number of aromatic amines is 1. The van der Waals surface area contributed by atoms with Gasteiger partial charge < -0.3 is 20.1 Å². The van der Waals surface area contributed by atoms with Crippen LogP contribution in [-0.2, 0) is 19.6 Å². The van der Waals surface area contributed by atoms with Gasteiger partial charge in [-0.3, -0.25) is 19.4 Å². The standard InChI is InChI=1S/C22H29N5O7S/c1-13(2)23-22(30)34-15-8-7-14(9-15)18-10-20(26-25-18)24-21(29)12-33-19-6-4-5-17(16(19)11-28)27-35(3,31)32/h4-6,10-11,13-15,27H,7-9,12H2,1-3H3,(H,23,30)(H2,24,25,26,29)/t14-,15+/m0/s1. The van der Waals surface area contributed by atoms with Crippen molar-refractivity contribution in [2.24, 2.45) is 0 Å². The van der Waals surface area contributed by atoms with Crippen LogP contribution in [0.4, 0.5) is 16.3 Å². The number of aromatic nitrogens is 2. The second kappa shape index (κ2) is 11.2. The molecule has 1 saturated carbocycles. The highest BCUT2D eigenvalue weighted by Gasteiger charge is 2.30. The van der Waals surface area contributed by atoms with Gasteiger partial charge in [0, 0.05) is 23.7 Å². The van der Waals surface area contributed by atoms with Gasteiger partial charge in [0.2, 0.25) is 10.0 Å². The number of amides is 2. The lowest BCUT2D eigenvalue weighted by Gasteiger charge is -2.14. The van der Waals surface area contributed by atoms with Crippen molar-refractivity contribution in [1.29, 1.82) is 0 Å². The number of carbonyl (C=O) groups excluding carboxylic acids is 3. The van der Waals surface area contributed by atoms with Crippen LogP contribution in [0.25, 0.3) is 0 Å². The van der Waals surface area contributed by atoms with E-state index >= 15 is 0 Å². The molecule has 13 heteroatoms. The lowest BCUT2D eigenvalue weighted by Crippen LogP contribution is -2.33. The van der Waals surface area contributed by atoms with Gasteiger partial charge >= 0.3 is 6.09 Å². The molecule has 1 aromatic heterocycles. The predicted molar refractivity (Wildman–Crippen MR) is 128 cm³/mol. The minimum atomic E-state index is -3.60. The molecule has 1 heterocycles. The van der Waals surface area contributed by atoms with Gasteiger partial charge in [-0.1, -0.05) is 6.07 Å². The number of hydrogen-bond donors (Lipinski definition) is 4. The van der Waals surface area contributed by atoms with Crippen molar-refractivity contribution in [3.8, 4) is 5.75 Å². The van der Waals surface area contributed by atoms with Gasteiger partial charge in [-0.15, -0.1) is 0 Å². The van der Waals surface area contributed by atoms with Crippen LogP contribution in [0.1, 0.15) is 55.1 Å². The molecule has 3 rings (SSSR count). The first-order chi connectivity index (χ1) is 16.5. The fourth-order valence-electron chi connectivity index (χ4n) is 3.76. The quantitative estimate of drug-likeness (QED) is 0.355. The third kappa shape index (κ3) is 7.70. The number of hydrogen-bond acceptors (Lipinski definition) is 8. The summed E-state index contributed by atoms with van der Waals surface area (Å²) in [5, 5.41) is 12.3. The molecule has 2 atom stereocenters. The summed E-state index contributed by atoms with van der Waals surface area (Å²) in [6.45, 7) is 3.30. The van der Waals surface area contributed by atoms with Crippen LogP contribution in [-0.4, -0.2) is 61.9 Å². The Balaban J connectivity index is 1.53. The molecule has 1 aliphatic rings. The van der Waals surface area contributed by atoms with Gasteiger partial charge in [-0.25, -0.2) is 13.2 Å². The topological polar surface area (TPSA) is 169 Å². The molecule has 1 fully saturated rings. The molecule has 35 heavy (non-hydrogen) atoms. The summed E-state index contributed by atoms with van der Waals surface area (Å²) in [5.74, 6) is -0.0375. The highest BCUT2D eigenvalue weighted by molar-refractivity contribution is 7.92. The predicted octanol–water partition coefficient (Wildman–Crippen LogP) is 2.38. The average Bonchev–Trinajstić information content (AvgIpc) is 3.40. The lowest BCUT2D eigenvalue weighted by atomic mass is 10.0. The Labute approximate surface area is 203 Å². The monoisotopic (exact) mass is 507 g/mol. The van der Waals surface area contributed by atoms with Crippen LogP contribution in [0, 0.1) is 0 Å². The maximum atomic E-state index is 12.3. The van der Waals surface area contributed by atoms with E-state index in [9.17, 15) is 22.8 Å². The smallest absolute Gasteiger partial charge is 0.407 e. The average molecular weight is 508 g/mol. The number of alkyl carbamates (subject to hydrolysis) is 1. The molecule has 0 unspecified atom stereocenters. The molecular weight excluding hydrogens is 478 g/mol. The van der Waals surface area contributed by atoms with E-state index in [4.69, 9.17) is 9.47 Å². The number of H-pyrrole nitrogens is 1. The first-order valence-corrected chi connectivity index (χ1v) is 12.9. The van der Waals surface area contributed by atoms with Crippen molar-refractivity contribution < 1.29 is 32.3 Å². The van der Waals surface area contributed by atoms with E-state index in [-0.39, 0.29) is 35.1 Å². The van der Waals surface area contributed by atoms with Gasteiger partial charge in [0.25, 0.3) is 5.91 Å². The largest absolute Gasteiger partial charge is 0.483 e. The molecule has 0 bridgehead atoms. The Kier molecular flexibility index (Phi) is 8.33. The highest BCUT2D eigenvalue weighted by atomic mass is 32.2. The Hall–Kier alpha value is -3.61. The van der Waals surface area contributed by atoms with E-state index in [1.54, 1.807) is 6.07 Å². The van der Waals surface area contributed by atoms with Crippen molar-refractivity contribution in [2.75, 3.05) is 22.9 Å². The van der Waals surface area contributed by atoms with Crippen molar-refractivity contribution in [2.45, 2.75) is 51.2 Å². The second-order valence-electron chi connectivity index (χ2n) is 8.59. The molecule has 12 nitrogen and oxygen atoms in total. The summed E-state index contributed by atoms with van der Waals surface area (Å²) in [5.41, 5.74) is 0.852. The first kappa shape index (κ1) is 26.0. The molecule has 1 aliphatic carbocycles. The van der Waals surface area contributed by atoms with Crippen molar-refractivity contribution in [3.63, 3.8) is 0 Å². The number of carbonyl (C=O) groups is 3. The number of anilines is 2. The summed E-state index contributed by atoms with van der Waals surface area (Å²) in [7, 11) is -3.60. The second-order valence-corrected chi connectivity index (χ2v) is 10.3. The third-order valence-corrected chi connectivity index (χ3v) is 5.80. The van der Waals surface area contributed by atoms with Crippen molar-refractivity contribution >= 4 is 39.8 Å². The van der Waals surface area contributed by atoms with Gasteiger partial charge in [0.1, 0.15) is 11.9 Å². The van der Waals surface area contributed by atoms with E-state index in [0.717, 1.165) is 24.8 Å². The number of nitrogens with zero attached hydrogens (tertiary/aromatic N) is 1. The fourth-order valence-corrected chi connectivity index (χ4v) is 4.34. The molecular formula is C22H29N5O7S. The molecule has 4 N–H and O–H groups in total. The minimum Gasteiger partial charge on any atom is -0.483 e. The number of sulfonamides is 1. The van der Waals surface area contributed by atoms with Crippen LogP contribution < -0.4 is 20.1 Å². The van der Waals surface area contributed by atoms with E-state index in [1.165, 1.54) is 18.2 Å². The van der Waals surface area contributed by atoms with Gasteiger partial charge in [-0.2, -0.15) is 5.10 Å². The molecule has 0 radical (unpaired) electrons. The van der Waals surface area contributed by atoms with Crippen LogP contribution in [0.5, 0.6) is 5.75 Å². The normalized spacial score (nSPS) is 17.6. The minimum absolute atomic E-state index is 0.000534. The number of benzene rings is 1. The number of aldehydes is 1. The molecule has 0 saturated heterocycles. The third-order valence-electron chi connectivity index (χ3n) is 5.21. The Morgan fingerprint density at radius 2 is 2.06 bits per heavy atom. The SMILES string of the molecule is CC(C)NC(=O)O[C@@H]1CC[C@H](c2cc(NC(=O)COc3cccc(NS(C)(=O)=O)c3C=O)n[nH]2)C1. The summed E-state index contributed by atoms with van der Waals surface area (Å²) < 4.78 is 36.1. The van der Waals surface area contributed by atoms with Crippen molar-refractivity contribution in [1.82, 2.24) is 15.5 Å². The van der Waals surface area contributed by atoms with E-state index in [1.807, 2.05) is 13.8 Å². The van der Waals surface area contributed by atoms with E-state index in [0.29, 0.717) is 18.5 Å². The highest BCUT2D eigenvalue weighted by Crippen LogP contribution is 2.35. The molecule has 0 aliphatic heterocycles. The van der Waals surface area contributed by atoms with Crippen LogP contribution >= 0.6 is 0 Å².